The minimum atomic E-state index is -4.00. The maximum atomic E-state index is 11.9. The first-order valence-electron chi connectivity index (χ1n) is 4.62. The van der Waals surface area contributed by atoms with E-state index in [-0.39, 0.29) is 15.7 Å². The molecule has 12 heteroatoms. The van der Waals surface area contributed by atoms with E-state index in [0.29, 0.717) is 0 Å². The normalized spacial score (nSPS) is 11.2. The van der Waals surface area contributed by atoms with Gasteiger partial charge in [-0.05, 0) is 17.3 Å². The molecule has 0 fully saturated rings. The molecule has 3 N–H and O–H groups in total. The van der Waals surface area contributed by atoms with Crippen LogP contribution in [-0.4, -0.2) is 28.1 Å². The minimum absolute atomic E-state index is 0.0421. The number of nitrogens with two attached hydrogens (primary N) is 1. The predicted octanol–water partition coefficient (Wildman–Crippen LogP) is 0.224. The van der Waals surface area contributed by atoms with Gasteiger partial charge in [-0.1, -0.05) is 9.59 Å². The third-order valence-corrected chi connectivity index (χ3v) is 4.01. The third kappa shape index (κ3) is 2.74. The van der Waals surface area contributed by atoms with Crippen molar-refractivity contribution in [3.05, 3.63) is 28.3 Å². The van der Waals surface area contributed by atoms with Crippen LogP contribution in [0.3, 0.4) is 0 Å². The fourth-order valence-corrected chi connectivity index (χ4v) is 2.80. The number of nitro benzene ring substituents is 1. The van der Waals surface area contributed by atoms with Gasteiger partial charge in [-0.15, -0.1) is 0 Å². The summed E-state index contributed by atoms with van der Waals surface area (Å²) in [4.78, 5) is 9.63. The zero-order valence-corrected chi connectivity index (χ0v) is 10.7. The molecule has 100 valence electrons. The van der Waals surface area contributed by atoms with Crippen LogP contribution in [0.4, 0.5) is 16.5 Å². The van der Waals surface area contributed by atoms with Crippen molar-refractivity contribution in [1.29, 1.82) is 0 Å². The van der Waals surface area contributed by atoms with Gasteiger partial charge >= 0.3 is 0 Å². The Morgan fingerprint density at radius 3 is 2.74 bits per heavy atom. The first-order valence-corrected chi connectivity index (χ1v) is 6.87. The second-order valence-electron chi connectivity index (χ2n) is 3.25. The fourth-order valence-electron chi connectivity index (χ4n) is 1.20. The van der Waals surface area contributed by atoms with E-state index in [1.165, 1.54) is 0 Å². The molecule has 0 atom stereocenters. The average Bonchev–Trinajstić information content (AvgIpc) is 2.80. The summed E-state index contributed by atoms with van der Waals surface area (Å²) in [5.41, 5.74) is 4.77. The van der Waals surface area contributed by atoms with E-state index in [1.807, 2.05) is 0 Å². The van der Waals surface area contributed by atoms with E-state index >= 15 is 0 Å². The zero-order chi connectivity index (χ0) is 14.0. The van der Waals surface area contributed by atoms with E-state index < -0.39 is 20.6 Å². The number of rotatable bonds is 4. The lowest BCUT2D eigenvalue weighted by Gasteiger charge is -2.05. The molecule has 1 heterocycles. The second-order valence-corrected chi connectivity index (χ2v) is 5.67. The smallest absolute Gasteiger partial charge is 0.293 e. The lowest BCUT2D eigenvalue weighted by molar-refractivity contribution is -0.384. The maximum Gasteiger partial charge on any atom is 0.293 e. The first kappa shape index (κ1) is 13.1. The molecule has 19 heavy (non-hydrogen) atoms. The van der Waals surface area contributed by atoms with Gasteiger partial charge in [0.2, 0.25) is 5.13 Å². The molecule has 0 aliphatic carbocycles. The monoisotopic (exact) mass is 302 g/mol. The van der Waals surface area contributed by atoms with Crippen LogP contribution >= 0.6 is 11.5 Å². The van der Waals surface area contributed by atoms with E-state index in [9.17, 15) is 18.5 Å². The maximum absolute atomic E-state index is 11.9. The number of nitrogens with zero attached hydrogens (tertiary/aromatic N) is 4. The van der Waals surface area contributed by atoms with Crippen molar-refractivity contribution >= 4 is 38.1 Å². The number of nitro groups is 1. The van der Waals surface area contributed by atoms with Crippen molar-refractivity contribution < 1.29 is 13.3 Å². The van der Waals surface area contributed by atoms with Crippen LogP contribution in [0.5, 0.6) is 0 Å². The van der Waals surface area contributed by atoms with Crippen molar-refractivity contribution in [2.75, 3.05) is 10.5 Å². The number of nitrogen functional groups attached to an aromatic ring is 1. The van der Waals surface area contributed by atoms with Crippen LogP contribution in [0.1, 0.15) is 0 Å². The summed E-state index contributed by atoms with van der Waals surface area (Å²) in [6, 6.07) is 3.16. The lowest BCUT2D eigenvalue weighted by Crippen LogP contribution is -2.13. The molecule has 0 aliphatic rings. The van der Waals surface area contributed by atoms with Crippen molar-refractivity contribution in [2.24, 2.45) is 0 Å². The molecule has 0 spiro atoms. The number of anilines is 2. The third-order valence-electron chi connectivity index (χ3n) is 2.03. The summed E-state index contributed by atoms with van der Waals surface area (Å²) < 4.78 is 29.3. The summed E-state index contributed by atoms with van der Waals surface area (Å²) in [6.45, 7) is 0. The standard InChI is InChI=1S/C7H6N6O4S2/c8-5-2-1-4(3-6(5)13(14)15)19(16,17)10-7-9-11-12-18-7/h1-3H,8H2,(H,9,10,12). The van der Waals surface area contributed by atoms with Gasteiger partial charge in [0.25, 0.3) is 15.7 Å². The van der Waals surface area contributed by atoms with E-state index in [0.717, 1.165) is 29.7 Å². The van der Waals surface area contributed by atoms with Gasteiger partial charge in [0.1, 0.15) is 5.69 Å². The molecular formula is C7H6N6O4S2. The fraction of sp³-hybridized carbons (Fsp3) is 0. The Labute approximate surface area is 110 Å². The molecule has 10 nitrogen and oxygen atoms in total. The SMILES string of the molecule is Nc1ccc(S(=O)(=O)Nc2nnns2)cc1[N+](=O)[O-]. The number of hydrogen-bond acceptors (Lipinski definition) is 9. The Morgan fingerprint density at radius 1 is 1.42 bits per heavy atom. The Bertz CT molecular complexity index is 713. The zero-order valence-electron chi connectivity index (χ0n) is 9.05. The van der Waals surface area contributed by atoms with Crippen LogP contribution in [0.15, 0.2) is 23.1 Å². The van der Waals surface area contributed by atoms with Crippen LogP contribution in [-0.2, 0) is 10.0 Å². The number of nitrogens with one attached hydrogen (secondary N) is 1. The molecule has 0 unspecified atom stereocenters. The Balaban J connectivity index is 2.41. The Morgan fingerprint density at radius 2 is 2.16 bits per heavy atom. The first-order chi connectivity index (χ1) is 8.90. The highest BCUT2D eigenvalue weighted by atomic mass is 32.2. The minimum Gasteiger partial charge on any atom is -0.393 e. The second kappa shape index (κ2) is 4.74. The molecule has 0 saturated carbocycles. The van der Waals surface area contributed by atoms with Gasteiger partial charge in [0, 0.05) is 17.6 Å². The van der Waals surface area contributed by atoms with Crippen molar-refractivity contribution in [1.82, 2.24) is 14.8 Å². The molecule has 1 aromatic heterocycles. The molecule has 2 rings (SSSR count). The van der Waals surface area contributed by atoms with E-state index in [1.54, 1.807) is 0 Å². The lowest BCUT2D eigenvalue weighted by atomic mass is 10.3. The van der Waals surface area contributed by atoms with Gasteiger partial charge < -0.3 is 5.73 Å². The number of aromatic nitrogens is 3. The van der Waals surface area contributed by atoms with E-state index in [4.69, 9.17) is 5.73 Å². The van der Waals surface area contributed by atoms with Crippen LogP contribution < -0.4 is 10.5 Å². The Hall–Kier alpha value is -2.34. The van der Waals surface area contributed by atoms with Gasteiger partial charge in [0.05, 0.1) is 9.82 Å². The quantitative estimate of drug-likeness (QED) is 0.462. The predicted molar refractivity (Wildman–Crippen MR) is 66.0 cm³/mol. The molecular weight excluding hydrogens is 296 g/mol. The highest BCUT2D eigenvalue weighted by molar-refractivity contribution is 7.93. The summed E-state index contributed by atoms with van der Waals surface area (Å²) in [5.74, 6) is 0. The molecule has 0 saturated heterocycles. The van der Waals surface area contributed by atoms with Crippen LogP contribution in [0.2, 0.25) is 0 Å². The summed E-state index contributed by atoms with van der Waals surface area (Å²) in [6.07, 6.45) is 0. The largest absolute Gasteiger partial charge is 0.393 e. The molecule has 0 radical (unpaired) electrons. The summed E-state index contributed by atoms with van der Waals surface area (Å²) >= 11 is 0.737. The average molecular weight is 302 g/mol. The highest BCUT2D eigenvalue weighted by Crippen LogP contribution is 2.25. The summed E-state index contributed by atoms with van der Waals surface area (Å²) in [7, 11) is -4.00. The van der Waals surface area contributed by atoms with Crippen LogP contribution in [0, 0.1) is 10.1 Å². The van der Waals surface area contributed by atoms with Gasteiger partial charge in [-0.25, -0.2) is 8.42 Å². The van der Waals surface area contributed by atoms with Gasteiger partial charge in [-0.3, -0.25) is 14.8 Å². The highest BCUT2D eigenvalue weighted by Gasteiger charge is 2.21. The summed E-state index contributed by atoms with van der Waals surface area (Å²) in [5, 5.41) is 17.3. The van der Waals surface area contributed by atoms with Gasteiger partial charge in [0.15, 0.2) is 0 Å². The van der Waals surface area contributed by atoms with Crippen LogP contribution in [0.25, 0.3) is 0 Å². The van der Waals surface area contributed by atoms with E-state index in [2.05, 4.69) is 19.5 Å². The molecule has 2 aromatic rings. The topological polar surface area (TPSA) is 154 Å². The molecule has 0 bridgehead atoms. The number of sulfonamides is 1. The van der Waals surface area contributed by atoms with Crippen molar-refractivity contribution in [2.45, 2.75) is 4.90 Å². The number of benzene rings is 1. The molecule has 0 amide bonds. The molecule has 0 aliphatic heterocycles. The van der Waals surface area contributed by atoms with Crippen molar-refractivity contribution in [3.63, 3.8) is 0 Å². The number of hydrogen-bond donors (Lipinski definition) is 2. The molecule has 1 aromatic carbocycles. The van der Waals surface area contributed by atoms with Crippen molar-refractivity contribution in [3.8, 4) is 0 Å². The van der Waals surface area contributed by atoms with Gasteiger partial charge in [-0.2, -0.15) is 0 Å². The Kier molecular flexibility index (Phi) is 3.26.